The van der Waals surface area contributed by atoms with Crippen molar-refractivity contribution in [2.75, 3.05) is 4.72 Å². The van der Waals surface area contributed by atoms with E-state index in [0.717, 1.165) is 4.57 Å². The summed E-state index contributed by atoms with van der Waals surface area (Å²) in [6, 6.07) is 9.16. The fraction of sp³-hybridized carbons (Fsp3) is 0.176. The monoisotopic (exact) mass is 393 g/mol. The lowest BCUT2D eigenvalue weighted by molar-refractivity contribution is 0.601. The Labute approximate surface area is 154 Å². The summed E-state index contributed by atoms with van der Waals surface area (Å²) in [5.74, 6) is 0. The molecule has 3 rings (SSSR count). The fourth-order valence-corrected chi connectivity index (χ4v) is 3.97. The number of aryl methyl sites for hydroxylation is 2. The molecule has 1 N–H and O–H groups in total. The van der Waals surface area contributed by atoms with Gasteiger partial charge in [0.1, 0.15) is 0 Å². The minimum atomic E-state index is -3.91. The molecule has 2 aromatic carbocycles. The van der Waals surface area contributed by atoms with Crippen molar-refractivity contribution in [3.63, 3.8) is 0 Å². The molecule has 0 aliphatic rings. The highest BCUT2D eigenvalue weighted by molar-refractivity contribution is 7.92. The first-order valence-corrected chi connectivity index (χ1v) is 9.47. The molecule has 0 saturated heterocycles. The van der Waals surface area contributed by atoms with E-state index in [2.05, 4.69) is 4.72 Å². The number of anilines is 1. The van der Waals surface area contributed by atoms with E-state index in [1.54, 1.807) is 25.1 Å². The summed E-state index contributed by atoms with van der Waals surface area (Å²) >= 11 is 6.03. The summed E-state index contributed by atoms with van der Waals surface area (Å²) in [6.07, 6.45) is 0. The van der Waals surface area contributed by atoms with E-state index < -0.39 is 21.1 Å². The number of hydrogen-bond acceptors (Lipinski definition) is 4. The second-order valence-corrected chi connectivity index (χ2v) is 7.99. The van der Waals surface area contributed by atoms with Gasteiger partial charge in [0.2, 0.25) is 0 Å². The lowest BCUT2D eigenvalue weighted by atomic mass is 10.2. The van der Waals surface area contributed by atoms with Crippen LogP contribution in [0.15, 0.2) is 50.9 Å². The van der Waals surface area contributed by atoms with Crippen LogP contribution in [0.4, 0.5) is 5.69 Å². The zero-order valence-corrected chi connectivity index (χ0v) is 15.9. The Morgan fingerprint density at radius 1 is 0.962 bits per heavy atom. The number of hydrogen-bond donors (Lipinski definition) is 1. The van der Waals surface area contributed by atoms with Crippen molar-refractivity contribution < 1.29 is 8.42 Å². The van der Waals surface area contributed by atoms with Crippen molar-refractivity contribution in [3.8, 4) is 0 Å². The van der Waals surface area contributed by atoms with Crippen LogP contribution in [0, 0.1) is 6.92 Å². The van der Waals surface area contributed by atoms with Crippen LogP contribution >= 0.6 is 11.6 Å². The quantitative estimate of drug-likeness (QED) is 0.689. The number of halogens is 1. The van der Waals surface area contributed by atoms with E-state index in [9.17, 15) is 18.0 Å². The number of rotatable bonds is 3. The molecule has 0 spiro atoms. The van der Waals surface area contributed by atoms with Gasteiger partial charge >= 0.3 is 11.1 Å². The van der Waals surface area contributed by atoms with Crippen LogP contribution in [0.5, 0.6) is 0 Å². The maximum atomic E-state index is 12.7. The third-order valence-electron chi connectivity index (χ3n) is 4.28. The molecule has 0 atom stereocenters. The SMILES string of the molecule is Cc1c(Cl)cccc1NS(=O)(=O)c1ccc2c(c1)n(C)c(=O)c(=O)n2C. The van der Waals surface area contributed by atoms with Gasteiger partial charge in [0, 0.05) is 19.1 Å². The minimum Gasteiger partial charge on any atom is -0.305 e. The van der Waals surface area contributed by atoms with Gasteiger partial charge in [-0.15, -0.1) is 0 Å². The number of benzene rings is 2. The molecule has 0 aliphatic carbocycles. The Bertz CT molecular complexity index is 1260. The second-order valence-electron chi connectivity index (χ2n) is 5.90. The highest BCUT2D eigenvalue weighted by Crippen LogP contribution is 2.26. The predicted molar refractivity (Wildman–Crippen MR) is 101 cm³/mol. The first-order chi connectivity index (χ1) is 12.1. The van der Waals surface area contributed by atoms with Gasteiger partial charge in [0.25, 0.3) is 10.0 Å². The van der Waals surface area contributed by atoms with Crippen molar-refractivity contribution >= 4 is 38.3 Å². The standard InChI is InChI=1S/C17H16ClN3O4S/c1-10-12(18)5-4-6-13(10)19-26(24,25)11-7-8-14-15(9-11)21(3)17(23)16(22)20(14)2/h4-9,19H,1-3H3. The van der Waals surface area contributed by atoms with Gasteiger partial charge in [-0.2, -0.15) is 0 Å². The molecule has 3 aromatic rings. The van der Waals surface area contributed by atoms with Gasteiger partial charge in [0.05, 0.1) is 21.6 Å². The van der Waals surface area contributed by atoms with Crippen molar-refractivity contribution in [2.24, 2.45) is 14.1 Å². The molecule has 136 valence electrons. The minimum absolute atomic E-state index is 0.0296. The third-order valence-corrected chi connectivity index (χ3v) is 6.06. The number of aromatic nitrogens is 2. The van der Waals surface area contributed by atoms with Crippen molar-refractivity contribution in [3.05, 3.63) is 67.7 Å². The first-order valence-electron chi connectivity index (χ1n) is 7.61. The van der Waals surface area contributed by atoms with Crippen LogP contribution in [0.25, 0.3) is 11.0 Å². The maximum Gasteiger partial charge on any atom is 0.316 e. The molecule has 0 radical (unpaired) electrons. The van der Waals surface area contributed by atoms with Crippen LogP contribution in [0.2, 0.25) is 5.02 Å². The van der Waals surface area contributed by atoms with E-state index in [4.69, 9.17) is 11.6 Å². The smallest absolute Gasteiger partial charge is 0.305 e. The van der Waals surface area contributed by atoms with Crippen LogP contribution in [-0.2, 0) is 24.1 Å². The van der Waals surface area contributed by atoms with E-state index >= 15 is 0 Å². The fourth-order valence-electron chi connectivity index (χ4n) is 2.65. The summed E-state index contributed by atoms with van der Waals surface area (Å²) in [7, 11) is -1.01. The summed E-state index contributed by atoms with van der Waals surface area (Å²) in [4.78, 5) is 23.8. The summed E-state index contributed by atoms with van der Waals surface area (Å²) in [6.45, 7) is 1.71. The number of sulfonamides is 1. The molecule has 0 amide bonds. The zero-order chi connectivity index (χ0) is 19.2. The maximum absolute atomic E-state index is 12.7. The summed E-state index contributed by atoms with van der Waals surface area (Å²) in [5.41, 5.74) is 0.356. The predicted octanol–water partition coefficient (Wildman–Crippen LogP) is 2.00. The van der Waals surface area contributed by atoms with Crippen LogP contribution in [-0.4, -0.2) is 17.6 Å². The topological polar surface area (TPSA) is 90.2 Å². The van der Waals surface area contributed by atoms with Gasteiger partial charge in [-0.25, -0.2) is 8.42 Å². The highest BCUT2D eigenvalue weighted by atomic mass is 35.5. The molecular formula is C17H16ClN3O4S. The molecule has 7 nitrogen and oxygen atoms in total. The second kappa shape index (κ2) is 6.30. The average molecular weight is 394 g/mol. The molecule has 0 aliphatic heterocycles. The van der Waals surface area contributed by atoms with E-state index in [1.807, 2.05) is 0 Å². The Morgan fingerprint density at radius 2 is 1.58 bits per heavy atom. The van der Waals surface area contributed by atoms with E-state index in [-0.39, 0.29) is 4.90 Å². The van der Waals surface area contributed by atoms with Crippen molar-refractivity contribution in [1.82, 2.24) is 9.13 Å². The van der Waals surface area contributed by atoms with Crippen molar-refractivity contribution in [2.45, 2.75) is 11.8 Å². The zero-order valence-electron chi connectivity index (χ0n) is 14.3. The number of fused-ring (bicyclic) bond motifs is 1. The lowest BCUT2D eigenvalue weighted by Crippen LogP contribution is -2.39. The largest absolute Gasteiger partial charge is 0.316 e. The highest BCUT2D eigenvalue weighted by Gasteiger charge is 2.18. The Kier molecular flexibility index (Phi) is 4.41. The Morgan fingerprint density at radius 3 is 2.23 bits per heavy atom. The summed E-state index contributed by atoms with van der Waals surface area (Å²) in [5, 5.41) is 0.445. The van der Waals surface area contributed by atoms with Gasteiger partial charge in [-0.05, 0) is 42.8 Å². The molecular weight excluding hydrogens is 378 g/mol. The summed E-state index contributed by atoms with van der Waals surface area (Å²) < 4.78 is 30.3. The van der Waals surface area contributed by atoms with Gasteiger partial charge in [0.15, 0.2) is 0 Å². The first kappa shape index (κ1) is 18.2. The van der Waals surface area contributed by atoms with Crippen LogP contribution in [0.3, 0.4) is 0 Å². The average Bonchev–Trinajstić information content (AvgIpc) is 2.61. The van der Waals surface area contributed by atoms with E-state index in [1.165, 1.54) is 36.9 Å². The van der Waals surface area contributed by atoms with Crippen molar-refractivity contribution in [1.29, 1.82) is 0 Å². The number of nitrogens with one attached hydrogen (secondary N) is 1. The van der Waals surface area contributed by atoms with Gasteiger partial charge in [-0.1, -0.05) is 17.7 Å². The molecule has 0 fully saturated rings. The van der Waals surface area contributed by atoms with Gasteiger partial charge in [-0.3, -0.25) is 14.3 Å². The third kappa shape index (κ3) is 2.91. The molecule has 9 heteroatoms. The molecule has 1 heterocycles. The van der Waals surface area contributed by atoms with Crippen LogP contribution in [0.1, 0.15) is 5.56 Å². The Hall–Kier alpha value is -2.58. The molecule has 1 aromatic heterocycles. The van der Waals surface area contributed by atoms with Gasteiger partial charge < -0.3 is 9.13 Å². The molecule has 26 heavy (non-hydrogen) atoms. The van der Waals surface area contributed by atoms with Crippen LogP contribution < -0.4 is 15.8 Å². The normalized spacial score (nSPS) is 11.7. The number of nitrogens with zero attached hydrogens (tertiary/aromatic N) is 2. The molecule has 0 unspecified atom stereocenters. The molecule has 0 saturated carbocycles. The molecule has 0 bridgehead atoms. The van der Waals surface area contributed by atoms with E-state index in [0.29, 0.717) is 27.3 Å². The Balaban J connectivity index is 2.17. The lowest BCUT2D eigenvalue weighted by Gasteiger charge is -2.13.